The minimum Gasteiger partial charge on any atom is -0.464 e. The third-order valence-electron chi connectivity index (χ3n) is 4.10. The average molecular weight is 411 g/mol. The Morgan fingerprint density at radius 1 is 1.15 bits per heavy atom. The van der Waals surface area contributed by atoms with Crippen LogP contribution in [0.25, 0.3) is 0 Å². The number of rotatable bonds is 9. The molecule has 0 bridgehead atoms. The zero-order chi connectivity index (χ0) is 20.0. The minimum absolute atomic E-state index is 0.143. The fourth-order valence-electron chi connectivity index (χ4n) is 2.52. The molecule has 0 saturated carbocycles. The highest BCUT2D eigenvalue weighted by molar-refractivity contribution is 7.98. The van der Waals surface area contributed by atoms with Crippen LogP contribution in [0.15, 0.2) is 45.7 Å². The maximum Gasteiger partial charge on any atom is 0.241 e. The van der Waals surface area contributed by atoms with E-state index in [9.17, 15) is 13.2 Å². The van der Waals surface area contributed by atoms with Crippen molar-refractivity contribution in [3.63, 3.8) is 0 Å². The number of nitrogens with one attached hydrogen (secondary N) is 2. The molecule has 148 valence electrons. The van der Waals surface area contributed by atoms with Gasteiger partial charge in [0.15, 0.2) is 0 Å². The Morgan fingerprint density at radius 2 is 1.81 bits per heavy atom. The van der Waals surface area contributed by atoms with Crippen LogP contribution in [0.3, 0.4) is 0 Å². The predicted molar refractivity (Wildman–Crippen MR) is 108 cm³/mol. The standard InChI is InChI=1S/C19H26N2O4S2/c1-13-5-8-16(9-6-13)27(23,24)21-17(11-12-26-4)19(22)20-15(3)18-10-7-14(2)25-18/h5-10,15,17,21H,11-12H2,1-4H3,(H,20,22). The van der Waals surface area contributed by atoms with Crippen molar-refractivity contribution >= 4 is 27.7 Å². The Kier molecular flexibility index (Phi) is 7.52. The molecule has 2 rings (SSSR count). The summed E-state index contributed by atoms with van der Waals surface area (Å²) >= 11 is 1.56. The van der Waals surface area contributed by atoms with Gasteiger partial charge in [-0.1, -0.05) is 17.7 Å². The first-order valence-electron chi connectivity index (χ1n) is 8.67. The van der Waals surface area contributed by atoms with Gasteiger partial charge in [0.25, 0.3) is 0 Å². The molecule has 0 fully saturated rings. The van der Waals surface area contributed by atoms with E-state index in [4.69, 9.17) is 4.42 Å². The van der Waals surface area contributed by atoms with Gasteiger partial charge < -0.3 is 9.73 Å². The Hall–Kier alpha value is -1.77. The highest BCUT2D eigenvalue weighted by Gasteiger charge is 2.27. The molecule has 8 heteroatoms. The summed E-state index contributed by atoms with van der Waals surface area (Å²) in [7, 11) is -3.79. The van der Waals surface area contributed by atoms with Crippen molar-refractivity contribution in [2.45, 2.75) is 44.2 Å². The van der Waals surface area contributed by atoms with Crippen LogP contribution in [0.1, 0.15) is 36.5 Å². The van der Waals surface area contributed by atoms with Crippen molar-refractivity contribution < 1.29 is 17.6 Å². The summed E-state index contributed by atoms with van der Waals surface area (Å²) in [5.41, 5.74) is 0.966. The molecule has 0 aliphatic rings. The van der Waals surface area contributed by atoms with Gasteiger partial charge in [0.05, 0.1) is 10.9 Å². The van der Waals surface area contributed by atoms with Gasteiger partial charge in [-0.3, -0.25) is 4.79 Å². The van der Waals surface area contributed by atoms with Crippen molar-refractivity contribution in [1.82, 2.24) is 10.0 Å². The Morgan fingerprint density at radius 3 is 2.37 bits per heavy atom. The van der Waals surface area contributed by atoms with Crippen LogP contribution in [0.5, 0.6) is 0 Å². The van der Waals surface area contributed by atoms with Crippen LogP contribution < -0.4 is 10.0 Å². The molecule has 0 aliphatic carbocycles. The fraction of sp³-hybridized carbons (Fsp3) is 0.421. The SMILES string of the molecule is CSCCC(NS(=O)(=O)c1ccc(C)cc1)C(=O)NC(C)c1ccc(C)o1. The number of carbonyl (C=O) groups is 1. The van der Waals surface area contributed by atoms with Crippen molar-refractivity contribution in [3.8, 4) is 0 Å². The number of carbonyl (C=O) groups excluding carboxylic acids is 1. The first-order chi connectivity index (χ1) is 12.7. The van der Waals surface area contributed by atoms with E-state index in [2.05, 4.69) is 10.0 Å². The Labute approximate surface area is 165 Å². The second-order valence-corrected chi connectivity index (χ2v) is 9.15. The molecule has 0 saturated heterocycles. The third kappa shape index (κ3) is 6.12. The van der Waals surface area contributed by atoms with Crippen LogP contribution in [-0.4, -0.2) is 32.4 Å². The van der Waals surface area contributed by atoms with Gasteiger partial charge in [0.2, 0.25) is 15.9 Å². The van der Waals surface area contributed by atoms with E-state index in [0.29, 0.717) is 17.9 Å². The lowest BCUT2D eigenvalue weighted by molar-refractivity contribution is -0.123. The summed E-state index contributed by atoms with van der Waals surface area (Å²) in [6.45, 7) is 5.52. The molecule has 0 radical (unpaired) electrons. The van der Waals surface area contributed by atoms with Crippen molar-refractivity contribution in [2.24, 2.45) is 0 Å². The largest absolute Gasteiger partial charge is 0.464 e. The zero-order valence-electron chi connectivity index (χ0n) is 16.0. The van der Waals surface area contributed by atoms with Crippen LogP contribution in [-0.2, 0) is 14.8 Å². The summed E-state index contributed by atoms with van der Waals surface area (Å²) in [4.78, 5) is 12.9. The van der Waals surface area contributed by atoms with E-state index in [1.54, 1.807) is 36.9 Å². The van der Waals surface area contributed by atoms with Gasteiger partial charge >= 0.3 is 0 Å². The smallest absolute Gasteiger partial charge is 0.241 e. The lowest BCUT2D eigenvalue weighted by atomic mass is 10.2. The number of furan rings is 1. The van der Waals surface area contributed by atoms with Crippen molar-refractivity contribution in [3.05, 3.63) is 53.5 Å². The number of amides is 1. The lowest BCUT2D eigenvalue weighted by Gasteiger charge is -2.20. The topological polar surface area (TPSA) is 88.4 Å². The minimum atomic E-state index is -3.79. The number of hydrogen-bond acceptors (Lipinski definition) is 5. The molecule has 1 amide bonds. The second-order valence-electron chi connectivity index (χ2n) is 6.45. The molecule has 27 heavy (non-hydrogen) atoms. The molecular formula is C19H26N2O4S2. The first-order valence-corrected chi connectivity index (χ1v) is 11.6. The van der Waals surface area contributed by atoms with Gasteiger partial charge in [-0.15, -0.1) is 0 Å². The fourth-order valence-corrected chi connectivity index (χ4v) is 4.22. The van der Waals surface area contributed by atoms with Gasteiger partial charge in [0, 0.05) is 0 Å². The third-order valence-corrected chi connectivity index (χ3v) is 6.23. The number of thioether (sulfide) groups is 1. The molecule has 2 atom stereocenters. The van der Waals surface area contributed by atoms with Crippen molar-refractivity contribution in [2.75, 3.05) is 12.0 Å². The number of hydrogen-bond donors (Lipinski definition) is 2. The maximum absolute atomic E-state index is 12.7. The molecule has 2 aromatic rings. The average Bonchev–Trinajstić information content (AvgIpc) is 3.05. The molecule has 1 aromatic heterocycles. The van der Waals surface area contributed by atoms with Crippen LogP contribution in [0.4, 0.5) is 0 Å². The van der Waals surface area contributed by atoms with Crippen molar-refractivity contribution in [1.29, 1.82) is 0 Å². The van der Waals surface area contributed by atoms with Crippen LogP contribution in [0, 0.1) is 13.8 Å². The van der Waals surface area contributed by atoms with Crippen LogP contribution in [0.2, 0.25) is 0 Å². The summed E-state index contributed by atoms with van der Waals surface area (Å²) < 4.78 is 33.4. The summed E-state index contributed by atoms with van der Waals surface area (Å²) in [5, 5.41) is 2.83. The predicted octanol–water partition coefficient (Wildman–Crippen LogP) is 3.17. The number of sulfonamides is 1. The Bertz CT molecular complexity index is 860. The summed E-state index contributed by atoms with van der Waals surface area (Å²) in [6.07, 6.45) is 2.31. The molecule has 0 aliphatic heterocycles. The van der Waals surface area contributed by atoms with Gasteiger partial charge in [-0.25, -0.2) is 8.42 Å². The highest BCUT2D eigenvalue weighted by atomic mass is 32.2. The van der Waals surface area contributed by atoms with E-state index >= 15 is 0 Å². The number of aryl methyl sites for hydroxylation is 2. The molecule has 0 spiro atoms. The molecule has 2 N–H and O–H groups in total. The zero-order valence-corrected chi connectivity index (χ0v) is 17.6. The number of benzene rings is 1. The summed E-state index contributed by atoms with van der Waals surface area (Å²) in [6, 6.07) is 8.94. The Balaban J connectivity index is 2.13. The van der Waals surface area contributed by atoms with Gasteiger partial charge in [-0.05, 0) is 63.5 Å². The normalized spacial score (nSPS) is 13.9. The molecule has 1 heterocycles. The molecule has 2 unspecified atom stereocenters. The lowest BCUT2D eigenvalue weighted by Crippen LogP contribution is -2.47. The molecular weight excluding hydrogens is 384 g/mol. The van der Waals surface area contributed by atoms with E-state index in [1.165, 1.54) is 12.1 Å². The maximum atomic E-state index is 12.7. The van der Waals surface area contributed by atoms with E-state index in [-0.39, 0.29) is 16.8 Å². The van der Waals surface area contributed by atoms with E-state index < -0.39 is 16.1 Å². The van der Waals surface area contributed by atoms with Crippen LogP contribution >= 0.6 is 11.8 Å². The highest BCUT2D eigenvalue weighted by Crippen LogP contribution is 2.17. The summed E-state index contributed by atoms with van der Waals surface area (Å²) in [5.74, 6) is 1.67. The molecule has 6 nitrogen and oxygen atoms in total. The molecule has 1 aromatic carbocycles. The first kappa shape index (κ1) is 21.5. The van der Waals surface area contributed by atoms with Gasteiger partial charge in [0.1, 0.15) is 17.6 Å². The quantitative estimate of drug-likeness (QED) is 0.663. The van der Waals surface area contributed by atoms with E-state index in [1.807, 2.05) is 26.2 Å². The second kappa shape index (κ2) is 9.43. The van der Waals surface area contributed by atoms with Gasteiger partial charge in [-0.2, -0.15) is 16.5 Å². The van der Waals surface area contributed by atoms with E-state index in [0.717, 1.165) is 11.3 Å². The monoisotopic (exact) mass is 410 g/mol.